The third-order valence-electron chi connectivity index (χ3n) is 3.30. The first-order chi connectivity index (χ1) is 10.2. The van der Waals surface area contributed by atoms with Gasteiger partial charge in [-0.25, -0.2) is 4.39 Å². The summed E-state index contributed by atoms with van der Waals surface area (Å²) in [5, 5.41) is 12.3. The average Bonchev–Trinajstić information content (AvgIpc) is 2.50. The average molecular weight is 289 g/mol. The van der Waals surface area contributed by atoms with Crippen LogP contribution < -0.4 is 10.1 Å². The Bertz CT molecular complexity index is 584. The van der Waals surface area contributed by atoms with Crippen LogP contribution in [0.4, 0.5) is 4.39 Å². The monoisotopic (exact) mass is 289 g/mol. The van der Waals surface area contributed by atoms with Crippen LogP contribution in [0.15, 0.2) is 42.5 Å². The molecule has 1 unspecified atom stereocenters. The minimum absolute atomic E-state index is 0.00239. The molecule has 2 N–H and O–H groups in total. The van der Waals surface area contributed by atoms with Crippen molar-refractivity contribution in [1.29, 1.82) is 0 Å². The van der Waals surface area contributed by atoms with E-state index in [1.807, 2.05) is 19.9 Å². The lowest BCUT2D eigenvalue weighted by Crippen LogP contribution is -2.18. The molecule has 0 heterocycles. The molecule has 0 saturated heterocycles. The van der Waals surface area contributed by atoms with E-state index in [4.69, 9.17) is 9.84 Å². The van der Waals surface area contributed by atoms with E-state index in [2.05, 4.69) is 5.32 Å². The summed E-state index contributed by atoms with van der Waals surface area (Å²) in [7, 11) is 0. The highest BCUT2D eigenvalue weighted by Gasteiger charge is 2.15. The largest absolute Gasteiger partial charge is 0.454 e. The summed E-state index contributed by atoms with van der Waals surface area (Å²) in [6.07, 6.45) is 0. The second-order valence-electron chi connectivity index (χ2n) is 4.84. The highest BCUT2D eigenvalue weighted by molar-refractivity contribution is 5.41. The zero-order chi connectivity index (χ0) is 15.2. The van der Waals surface area contributed by atoms with Crippen LogP contribution in [0.5, 0.6) is 11.5 Å². The lowest BCUT2D eigenvalue weighted by molar-refractivity contribution is 0.281. The van der Waals surface area contributed by atoms with Gasteiger partial charge in [-0.3, -0.25) is 0 Å². The van der Waals surface area contributed by atoms with Crippen molar-refractivity contribution in [2.75, 3.05) is 6.54 Å². The number of nitrogens with one attached hydrogen (secondary N) is 1. The maximum Gasteiger partial charge on any atom is 0.167 e. The first-order valence-corrected chi connectivity index (χ1v) is 7.05. The number of aliphatic hydroxyl groups is 1. The molecule has 0 aliphatic rings. The number of hydrogen-bond donors (Lipinski definition) is 2. The molecule has 0 aliphatic heterocycles. The Morgan fingerprint density at radius 2 is 1.90 bits per heavy atom. The van der Waals surface area contributed by atoms with E-state index in [9.17, 15) is 4.39 Å². The number of aliphatic hydroxyl groups excluding tert-OH is 1. The van der Waals surface area contributed by atoms with Gasteiger partial charge in [-0.1, -0.05) is 31.2 Å². The molecule has 0 saturated carbocycles. The molecule has 2 aromatic carbocycles. The number of hydrogen-bond acceptors (Lipinski definition) is 3. The van der Waals surface area contributed by atoms with Crippen LogP contribution in [0.1, 0.15) is 31.0 Å². The topological polar surface area (TPSA) is 41.5 Å². The quantitative estimate of drug-likeness (QED) is 0.850. The minimum Gasteiger partial charge on any atom is -0.454 e. The molecule has 0 radical (unpaired) electrons. The van der Waals surface area contributed by atoms with Crippen LogP contribution >= 0.6 is 0 Å². The first kappa shape index (κ1) is 15.5. The SMILES string of the molecule is CCNC(C)c1cccc(F)c1Oc1ccc(CO)cc1. The summed E-state index contributed by atoms with van der Waals surface area (Å²) in [6.45, 7) is 4.74. The van der Waals surface area contributed by atoms with Crippen molar-refractivity contribution in [1.82, 2.24) is 5.32 Å². The second kappa shape index (κ2) is 7.20. The molecular weight excluding hydrogens is 269 g/mol. The molecule has 112 valence electrons. The molecule has 0 fully saturated rings. The van der Waals surface area contributed by atoms with Crippen LogP contribution in [-0.2, 0) is 6.61 Å². The molecule has 0 amide bonds. The molecule has 0 aliphatic carbocycles. The number of benzene rings is 2. The van der Waals surface area contributed by atoms with Crippen LogP contribution in [0.3, 0.4) is 0 Å². The smallest absolute Gasteiger partial charge is 0.167 e. The van der Waals surface area contributed by atoms with Crippen molar-refractivity contribution < 1.29 is 14.2 Å². The summed E-state index contributed by atoms with van der Waals surface area (Å²) in [5.41, 5.74) is 1.57. The predicted octanol–water partition coefficient (Wildman–Crippen LogP) is 3.78. The first-order valence-electron chi connectivity index (χ1n) is 7.05. The molecular formula is C17H20FNO2. The fraction of sp³-hybridized carbons (Fsp3) is 0.294. The van der Waals surface area contributed by atoms with Gasteiger partial charge in [0.2, 0.25) is 0 Å². The lowest BCUT2D eigenvalue weighted by Gasteiger charge is -2.18. The van der Waals surface area contributed by atoms with Crippen LogP contribution in [0, 0.1) is 5.82 Å². The predicted molar refractivity (Wildman–Crippen MR) is 80.9 cm³/mol. The van der Waals surface area contributed by atoms with Crippen LogP contribution in [-0.4, -0.2) is 11.7 Å². The van der Waals surface area contributed by atoms with Gasteiger partial charge >= 0.3 is 0 Å². The Balaban J connectivity index is 2.29. The standard InChI is InChI=1S/C17H20FNO2/c1-3-19-12(2)15-5-4-6-16(18)17(15)21-14-9-7-13(11-20)8-10-14/h4-10,12,19-20H,3,11H2,1-2H3. The highest BCUT2D eigenvalue weighted by Crippen LogP contribution is 2.32. The van der Waals surface area contributed by atoms with Crippen molar-refractivity contribution in [2.24, 2.45) is 0 Å². The molecule has 21 heavy (non-hydrogen) atoms. The van der Waals surface area contributed by atoms with Gasteiger partial charge in [0.05, 0.1) is 6.61 Å². The summed E-state index contributed by atoms with van der Waals surface area (Å²) >= 11 is 0. The van der Waals surface area contributed by atoms with Crippen LogP contribution in [0.2, 0.25) is 0 Å². The van der Waals surface area contributed by atoms with Crippen molar-refractivity contribution >= 4 is 0 Å². The van der Waals surface area contributed by atoms with Gasteiger partial charge in [0.15, 0.2) is 11.6 Å². The van der Waals surface area contributed by atoms with Gasteiger partial charge < -0.3 is 15.2 Å². The van der Waals surface area contributed by atoms with Gasteiger partial charge in [0.25, 0.3) is 0 Å². The van der Waals surface area contributed by atoms with Crippen molar-refractivity contribution in [3.63, 3.8) is 0 Å². The molecule has 2 aromatic rings. The molecule has 4 heteroatoms. The molecule has 1 atom stereocenters. The van der Waals surface area contributed by atoms with Gasteiger partial charge in [-0.2, -0.15) is 0 Å². The van der Waals surface area contributed by atoms with Gasteiger partial charge in [0.1, 0.15) is 5.75 Å². The normalized spacial score (nSPS) is 12.2. The fourth-order valence-electron chi connectivity index (χ4n) is 2.17. The number of para-hydroxylation sites is 1. The summed E-state index contributed by atoms with van der Waals surface area (Å²) in [6, 6.07) is 11.9. The van der Waals surface area contributed by atoms with E-state index in [0.29, 0.717) is 5.75 Å². The zero-order valence-electron chi connectivity index (χ0n) is 12.3. The molecule has 2 rings (SSSR count). The highest BCUT2D eigenvalue weighted by atomic mass is 19.1. The third-order valence-corrected chi connectivity index (χ3v) is 3.30. The van der Waals surface area contributed by atoms with E-state index in [0.717, 1.165) is 17.7 Å². The third kappa shape index (κ3) is 3.80. The number of rotatable bonds is 6. The summed E-state index contributed by atoms with van der Waals surface area (Å²) < 4.78 is 19.8. The lowest BCUT2D eigenvalue weighted by atomic mass is 10.1. The Morgan fingerprint density at radius 3 is 2.52 bits per heavy atom. The van der Waals surface area contributed by atoms with E-state index < -0.39 is 0 Å². The zero-order valence-corrected chi connectivity index (χ0v) is 12.3. The van der Waals surface area contributed by atoms with Crippen molar-refractivity contribution in [3.8, 4) is 11.5 Å². The Kier molecular flexibility index (Phi) is 5.31. The van der Waals surface area contributed by atoms with Gasteiger partial charge in [0, 0.05) is 11.6 Å². The Labute approximate surface area is 124 Å². The van der Waals surface area contributed by atoms with E-state index in [1.165, 1.54) is 6.07 Å². The number of halogens is 1. The fourth-order valence-corrected chi connectivity index (χ4v) is 2.17. The van der Waals surface area contributed by atoms with E-state index in [-0.39, 0.29) is 24.2 Å². The van der Waals surface area contributed by atoms with Gasteiger partial charge in [-0.05, 0) is 37.2 Å². The summed E-state index contributed by atoms with van der Waals surface area (Å²) in [5.74, 6) is 0.397. The van der Waals surface area contributed by atoms with Gasteiger partial charge in [-0.15, -0.1) is 0 Å². The van der Waals surface area contributed by atoms with E-state index >= 15 is 0 Å². The molecule has 3 nitrogen and oxygen atoms in total. The Hall–Kier alpha value is -1.91. The Morgan fingerprint density at radius 1 is 1.19 bits per heavy atom. The second-order valence-corrected chi connectivity index (χ2v) is 4.84. The van der Waals surface area contributed by atoms with Crippen LogP contribution in [0.25, 0.3) is 0 Å². The molecule has 0 aromatic heterocycles. The van der Waals surface area contributed by atoms with Crippen molar-refractivity contribution in [3.05, 3.63) is 59.4 Å². The van der Waals surface area contributed by atoms with Crippen molar-refractivity contribution in [2.45, 2.75) is 26.5 Å². The maximum atomic E-state index is 14.1. The molecule has 0 spiro atoms. The summed E-state index contributed by atoms with van der Waals surface area (Å²) in [4.78, 5) is 0. The minimum atomic E-state index is -0.386. The molecule has 0 bridgehead atoms. The number of ether oxygens (including phenoxy) is 1. The van der Waals surface area contributed by atoms with E-state index in [1.54, 1.807) is 30.3 Å². The maximum absolute atomic E-state index is 14.1.